The number of hydrogen-bond donors (Lipinski definition) is 2. The Labute approximate surface area is 400 Å². The van der Waals surface area contributed by atoms with Crippen LogP contribution in [0.2, 0.25) is 0 Å². The van der Waals surface area contributed by atoms with Crippen molar-refractivity contribution in [3.63, 3.8) is 0 Å². The number of fused-ring (bicyclic) bond motifs is 3. The number of amides is 1. The molecule has 362 valence electrons. The number of piperidine rings is 1. The Bertz CT molecular complexity index is 3560. The molecule has 16 nitrogen and oxygen atoms in total. The Morgan fingerprint density at radius 1 is 0.914 bits per heavy atom. The number of carbonyl (C=O) groups is 1. The van der Waals surface area contributed by atoms with E-state index < -0.39 is 34.4 Å². The second-order valence-electron chi connectivity index (χ2n) is 20.9. The molecule has 0 unspecified atom stereocenters. The van der Waals surface area contributed by atoms with E-state index in [1.54, 1.807) is 60.7 Å². The highest BCUT2D eigenvalue weighted by Crippen LogP contribution is 2.57. The lowest BCUT2D eigenvalue weighted by Crippen LogP contribution is -2.61. The van der Waals surface area contributed by atoms with Gasteiger partial charge in [-0.25, -0.2) is 23.1 Å². The number of H-pyrrole nitrogens is 1. The molecule has 0 bridgehead atoms. The predicted octanol–water partition coefficient (Wildman–Crippen LogP) is 7.56. The number of aromatic amines is 1. The number of aromatic nitrogens is 9. The molecule has 8 heterocycles. The van der Waals surface area contributed by atoms with E-state index in [0.29, 0.717) is 96.3 Å². The molecule has 0 radical (unpaired) electrons. The van der Waals surface area contributed by atoms with E-state index in [0.717, 1.165) is 23.7 Å². The maximum absolute atomic E-state index is 16.4. The lowest BCUT2D eigenvalue weighted by atomic mass is 9.76. The molecule has 18 heteroatoms. The third kappa shape index (κ3) is 6.51. The number of aryl methyl sites for hydroxylation is 3. The Hall–Kier alpha value is -6.92. The largest absolute Gasteiger partial charge is 0.438 e. The number of nitrogens with one attached hydrogen (secondary N) is 2. The molecule has 4 aliphatic rings. The topological polar surface area (TPSA) is 168 Å². The van der Waals surface area contributed by atoms with Gasteiger partial charge in [0.05, 0.1) is 51.4 Å². The fourth-order valence-corrected chi connectivity index (χ4v) is 12.5. The molecule has 5 aromatic heterocycles. The van der Waals surface area contributed by atoms with Crippen LogP contribution in [0, 0.1) is 31.4 Å². The number of rotatable bonds is 7. The molecule has 1 aliphatic carbocycles. The number of halogens is 2. The first kappa shape index (κ1) is 44.3. The first-order chi connectivity index (χ1) is 33.5. The quantitative estimate of drug-likeness (QED) is 0.164. The van der Waals surface area contributed by atoms with Crippen LogP contribution < -0.4 is 16.8 Å². The first-order valence-corrected chi connectivity index (χ1v) is 24.2. The Kier molecular flexibility index (Phi) is 9.83. The molecule has 1 saturated carbocycles. The summed E-state index contributed by atoms with van der Waals surface area (Å²) in [6, 6.07) is 14.4. The summed E-state index contributed by atoms with van der Waals surface area (Å²) in [4.78, 5) is 48.8. The van der Waals surface area contributed by atoms with Crippen LogP contribution in [0.25, 0.3) is 39.0 Å². The van der Waals surface area contributed by atoms with Crippen LogP contribution in [0.1, 0.15) is 116 Å². The van der Waals surface area contributed by atoms with Crippen molar-refractivity contribution < 1.29 is 22.8 Å². The number of imidazole rings is 1. The van der Waals surface area contributed by atoms with Crippen LogP contribution in [0.4, 0.5) is 8.78 Å². The summed E-state index contributed by atoms with van der Waals surface area (Å²) in [6.07, 6.45) is 8.48. The smallest absolute Gasteiger partial charge is 0.376 e. The number of carbonyl (C=O) groups excluding carboxylic acids is 1. The van der Waals surface area contributed by atoms with E-state index in [4.69, 9.17) is 14.4 Å². The summed E-state index contributed by atoms with van der Waals surface area (Å²) >= 11 is 0. The zero-order valence-corrected chi connectivity index (χ0v) is 40.3. The fraction of sp³-hybridized carbons (Fsp3) is 0.423. The monoisotopic (exact) mass is 951 g/mol. The summed E-state index contributed by atoms with van der Waals surface area (Å²) < 4.78 is 50.9. The number of benzene rings is 3. The van der Waals surface area contributed by atoms with Crippen molar-refractivity contribution in [1.29, 1.82) is 0 Å². The van der Waals surface area contributed by atoms with Gasteiger partial charge >= 0.3 is 11.4 Å². The molecule has 1 amide bonds. The van der Waals surface area contributed by atoms with Crippen LogP contribution >= 0.6 is 0 Å². The minimum atomic E-state index is -0.884. The van der Waals surface area contributed by atoms with Crippen molar-refractivity contribution >= 4 is 27.7 Å². The van der Waals surface area contributed by atoms with Crippen LogP contribution in [0.3, 0.4) is 0 Å². The molecule has 1 spiro atoms. The average Bonchev–Trinajstić information content (AvgIpc) is 3.96. The van der Waals surface area contributed by atoms with Gasteiger partial charge in [0.15, 0.2) is 11.6 Å². The van der Waals surface area contributed by atoms with Crippen molar-refractivity contribution in [2.24, 2.45) is 13.0 Å². The molecule has 3 aromatic carbocycles. The lowest BCUT2D eigenvalue weighted by molar-refractivity contribution is -0.0592. The van der Waals surface area contributed by atoms with Gasteiger partial charge < -0.3 is 19.5 Å². The predicted molar refractivity (Wildman–Crippen MR) is 257 cm³/mol. The molecule has 2 N–H and O–H groups in total. The van der Waals surface area contributed by atoms with Gasteiger partial charge in [0, 0.05) is 48.9 Å². The summed E-state index contributed by atoms with van der Waals surface area (Å²) in [6.45, 7) is 13.6. The van der Waals surface area contributed by atoms with Gasteiger partial charge in [-0.3, -0.25) is 28.1 Å². The lowest BCUT2D eigenvalue weighted by Gasteiger charge is -2.52. The second kappa shape index (κ2) is 15.5. The SMILES string of the molecule is Cc1cc(-n2nc3c(c2-n2ccn(-c4ccc5c(cnn5C)c4F)c2=O)[C@H](C)N(C(=O)c2cc4cc([C@H]5CCOC(C)(C)C5)ccc4n2[C@@]2(c4noc(=O)[nH]4)C[C@@H]2C)C2(CCNCC2)C3)cc(C)c1F. The average molecular weight is 952 g/mol. The van der Waals surface area contributed by atoms with E-state index in [-0.39, 0.29) is 40.2 Å². The van der Waals surface area contributed by atoms with Crippen LogP contribution in [0.5, 0.6) is 0 Å². The highest BCUT2D eigenvalue weighted by molar-refractivity contribution is 6.00. The molecule has 3 fully saturated rings. The van der Waals surface area contributed by atoms with E-state index >= 15 is 13.6 Å². The maximum atomic E-state index is 16.4. The third-order valence-corrected chi connectivity index (χ3v) is 16.0. The Balaban J connectivity index is 1.06. The van der Waals surface area contributed by atoms with Crippen molar-refractivity contribution in [2.75, 3.05) is 19.7 Å². The zero-order valence-electron chi connectivity index (χ0n) is 40.3. The molecule has 12 rings (SSSR count). The third-order valence-electron chi connectivity index (χ3n) is 16.0. The van der Waals surface area contributed by atoms with Gasteiger partial charge in [0.25, 0.3) is 5.91 Å². The summed E-state index contributed by atoms with van der Waals surface area (Å²) in [5, 5.41) is 18.4. The molecular formula is C52H55F2N11O5. The van der Waals surface area contributed by atoms with E-state index in [9.17, 15) is 9.59 Å². The van der Waals surface area contributed by atoms with Gasteiger partial charge in [-0.1, -0.05) is 18.1 Å². The van der Waals surface area contributed by atoms with Gasteiger partial charge in [-0.15, -0.1) is 0 Å². The van der Waals surface area contributed by atoms with Crippen molar-refractivity contribution in [3.05, 3.63) is 139 Å². The summed E-state index contributed by atoms with van der Waals surface area (Å²) in [5.41, 5.74) is 3.29. The van der Waals surface area contributed by atoms with Crippen LogP contribution in [0.15, 0.2) is 81.2 Å². The van der Waals surface area contributed by atoms with Gasteiger partial charge in [0.1, 0.15) is 22.9 Å². The number of hydrogen-bond acceptors (Lipinski definition) is 9. The minimum absolute atomic E-state index is 0.0170. The van der Waals surface area contributed by atoms with Crippen molar-refractivity contribution in [3.8, 4) is 17.2 Å². The fourth-order valence-electron chi connectivity index (χ4n) is 12.5. The second-order valence-corrected chi connectivity index (χ2v) is 20.9. The van der Waals surface area contributed by atoms with E-state index in [1.165, 1.54) is 27.1 Å². The highest BCUT2D eigenvalue weighted by atomic mass is 19.1. The Morgan fingerprint density at radius 2 is 1.64 bits per heavy atom. The van der Waals surface area contributed by atoms with Crippen molar-refractivity contribution in [1.82, 2.24) is 53.6 Å². The molecule has 8 aromatic rings. The molecule has 70 heavy (non-hydrogen) atoms. The molecule has 2 saturated heterocycles. The minimum Gasteiger partial charge on any atom is -0.376 e. The Morgan fingerprint density at radius 3 is 2.34 bits per heavy atom. The molecule has 4 atom stereocenters. The number of nitrogens with zero attached hydrogens (tertiary/aromatic N) is 9. The van der Waals surface area contributed by atoms with Gasteiger partial charge in [-0.2, -0.15) is 10.2 Å². The van der Waals surface area contributed by atoms with Crippen LogP contribution in [-0.4, -0.2) is 85.0 Å². The first-order valence-electron chi connectivity index (χ1n) is 24.2. The molecular weight excluding hydrogens is 897 g/mol. The van der Waals surface area contributed by atoms with Gasteiger partial charge in [0.2, 0.25) is 0 Å². The normalized spacial score (nSPS) is 22.9. The standard InChI is InChI=1S/C52H55F2N11O5/c1-28-20-35(21-29(2)43(28)53)65-45(62-18-17-61(49(62)68)40-11-10-39-36(44(40)54)27-56-60(39)7)42-31(4)63(51(26-37(42)58-65)13-15-55-16-14-51)46(66)41-23-34-22-32(33-12-19-69-50(5,6)25-33)8-9-38(34)64(41)52(24-30(52)3)47-57-48(67)70-59-47/h8-11,17-18,20-23,27,30-31,33,55H,12-16,19,24-26H2,1-7H3,(H,57,59,67)/t30-,31-,33-,52-/m0/s1. The summed E-state index contributed by atoms with van der Waals surface area (Å²) in [5.74, 6) is -0.885. The molecule has 3 aliphatic heterocycles. The van der Waals surface area contributed by atoms with Crippen molar-refractivity contribution in [2.45, 2.75) is 109 Å². The zero-order chi connectivity index (χ0) is 48.8. The van der Waals surface area contributed by atoms with Crippen LogP contribution in [-0.2, 0) is 23.7 Å². The number of ether oxygens (including phenoxy) is 1. The van der Waals surface area contributed by atoms with Gasteiger partial charge in [-0.05, 0) is 151 Å². The van der Waals surface area contributed by atoms with E-state index in [2.05, 4.69) is 64.1 Å². The summed E-state index contributed by atoms with van der Waals surface area (Å²) in [7, 11) is 1.73. The van der Waals surface area contributed by atoms with E-state index in [1.807, 2.05) is 17.9 Å². The maximum Gasteiger partial charge on any atom is 0.438 e. The highest BCUT2D eigenvalue weighted by Gasteiger charge is 2.60.